The van der Waals surface area contributed by atoms with Gasteiger partial charge in [0, 0.05) is 22.2 Å². The molecule has 0 radical (unpaired) electrons. The molecular formula is C18H19F2IN2O3. The van der Waals surface area contributed by atoms with E-state index < -0.39 is 29.9 Å². The van der Waals surface area contributed by atoms with Gasteiger partial charge in [-0.3, -0.25) is 0 Å². The fourth-order valence-corrected chi connectivity index (χ4v) is 3.17. The van der Waals surface area contributed by atoms with Crippen LogP contribution in [0.3, 0.4) is 0 Å². The lowest BCUT2D eigenvalue weighted by atomic mass is 10.0. The van der Waals surface area contributed by atoms with Crippen molar-refractivity contribution in [3.8, 4) is 0 Å². The number of amides is 1. The first-order valence-electron chi connectivity index (χ1n) is 7.85. The number of benzene rings is 2. The Kier molecular flexibility index (Phi) is 7.30. The average Bonchev–Trinajstić information content (AvgIpc) is 2.53. The predicted molar refractivity (Wildman–Crippen MR) is 102 cm³/mol. The third kappa shape index (κ3) is 6.19. The standard InChI is InChI=1S/C18H19F2IN2O3/c19-13-4-12(5-14(20)8-13)7-16(22)17(24)10-23(18(25)26)9-11-2-1-3-15(21)6-11/h1-6,8,16-17,24H,7,9-10,22H2,(H,25,26)/t16-,17+/m0/s1. The number of aliphatic hydroxyl groups is 1. The minimum absolute atomic E-state index is 0.0204. The molecule has 8 heteroatoms. The minimum atomic E-state index is -1.19. The second-order valence-electron chi connectivity index (χ2n) is 6.01. The summed E-state index contributed by atoms with van der Waals surface area (Å²) in [6.45, 7) is -0.107. The summed E-state index contributed by atoms with van der Waals surface area (Å²) in [5.41, 5.74) is 6.98. The van der Waals surface area contributed by atoms with Crippen molar-refractivity contribution >= 4 is 28.7 Å². The topological polar surface area (TPSA) is 86.8 Å². The number of nitrogens with two attached hydrogens (primary N) is 1. The number of carbonyl (C=O) groups is 1. The third-order valence-corrected chi connectivity index (χ3v) is 4.50. The molecule has 2 aromatic rings. The quantitative estimate of drug-likeness (QED) is 0.537. The molecule has 0 saturated heterocycles. The lowest BCUT2D eigenvalue weighted by Gasteiger charge is -2.26. The van der Waals surface area contributed by atoms with Crippen LogP contribution < -0.4 is 5.73 Å². The fraction of sp³-hybridized carbons (Fsp3) is 0.278. The molecule has 0 aliphatic rings. The summed E-state index contributed by atoms with van der Waals surface area (Å²) < 4.78 is 27.4. The Labute approximate surface area is 163 Å². The van der Waals surface area contributed by atoms with E-state index in [1.165, 1.54) is 0 Å². The van der Waals surface area contributed by atoms with E-state index in [-0.39, 0.29) is 19.5 Å². The fourth-order valence-electron chi connectivity index (χ4n) is 2.56. The number of halogens is 3. The Morgan fingerprint density at radius 1 is 1.15 bits per heavy atom. The lowest BCUT2D eigenvalue weighted by molar-refractivity contribution is 0.0795. The van der Waals surface area contributed by atoms with Crippen LogP contribution in [0.2, 0.25) is 0 Å². The van der Waals surface area contributed by atoms with Crippen molar-refractivity contribution in [3.05, 3.63) is 68.8 Å². The Morgan fingerprint density at radius 2 is 1.81 bits per heavy atom. The maximum absolute atomic E-state index is 13.2. The van der Waals surface area contributed by atoms with Crippen molar-refractivity contribution < 1.29 is 23.8 Å². The van der Waals surface area contributed by atoms with E-state index >= 15 is 0 Å². The number of rotatable bonds is 7. The van der Waals surface area contributed by atoms with Crippen molar-refractivity contribution in [2.45, 2.75) is 25.1 Å². The Hall–Kier alpha value is -1.78. The summed E-state index contributed by atoms with van der Waals surface area (Å²) in [6.07, 6.45) is -2.35. The van der Waals surface area contributed by atoms with E-state index in [9.17, 15) is 23.8 Å². The first-order valence-corrected chi connectivity index (χ1v) is 8.93. The number of hydrogen-bond donors (Lipinski definition) is 3. The zero-order valence-electron chi connectivity index (χ0n) is 13.8. The smallest absolute Gasteiger partial charge is 0.407 e. The molecule has 0 saturated carbocycles. The predicted octanol–water partition coefficient (Wildman–Crippen LogP) is 2.98. The molecule has 0 unspecified atom stereocenters. The van der Waals surface area contributed by atoms with Crippen molar-refractivity contribution in [1.29, 1.82) is 0 Å². The molecule has 0 heterocycles. The molecule has 0 aliphatic heterocycles. The average molecular weight is 476 g/mol. The number of nitrogens with zero attached hydrogens (tertiary/aromatic N) is 1. The van der Waals surface area contributed by atoms with Gasteiger partial charge in [0.25, 0.3) is 0 Å². The highest BCUT2D eigenvalue weighted by Gasteiger charge is 2.22. The van der Waals surface area contributed by atoms with Gasteiger partial charge in [0.1, 0.15) is 11.6 Å². The summed E-state index contributed by atoms with van der Waals surface area (Å²) in [6, 6.07) is 9.49. The Bertz CT molecular complexity index is 756. The third-order valence-electron chi connectivity index (χ3n) is 3.83. The Morgan fingerprint density at radius 3 is 2.38 bits per heavy atom. The van der Waals surface area contributed by atoms with Gasteiger partial charge in [-0.15, -0.1) is 0 Å². The van der Waals surface area contributed by atoms with Gasteiger partial charge in [0.05, 0.1) is 12.6 Å². The summed E-state index contributed by atoms with van der Waals surface area (Å²) in [7, 11) is 0. The second kappa shape index (κ2) is 9.24. The van der Waals surface area contributed by atoms with Crippen molar-refractivity contribution in [2.24, 2.45) is 5.73 Å². The largest absolute Gasteiger partial charge is 0.465 e. The van der Waals surface area contributed by atoms with Gasteiger partial charge in [-0.2, -0.15) is 0 Å². The molecule has 1 amide bonds. The highest BCUT2D eigenvalue weighted by atomic mass is 127. The maximum atomic E-state index is 13.2. The highest BCUT2D eigenvalue weighted by Crippen LogP contribution is 2.14. The molecule has 0 aliphatic carbocycles. The molecule has 2 rings (SSSR count). The summed E-state index contributed by atoms with van der Waals surface area (Å²) >= 11 is 2.13. The first kappa shape index (κ1) is 20.5. The monoisotopic (exact) mass is 476 g/mol. The summed E-state index contributed by atoms with van der Waals surface area (Å²) in [5, 5.41) is 19.6. The molecular weight excluding hydrogens is 457 g/mol. The molecule has 140 valence electrons. The van der Waals surface area contributed by atoms with Crippen LogP contribution in [-0.4, -0.2) is 39.9 Å². The molecule has 0 fully saturated rings. The first-order chi connectivity index (χ1) is 12.2. The van der Waals surface area contributed by atoms with E-state index in [1.807, 2.05) is 18.2 Å². The molecule has 4 N–H and O–H groups in total. The van der Waals surface area contributed by atoms with E-state index in [4.69, 9.17) is 5.73 Å². The van der Waals surface area contributed by atoms with Crippen molar-refractivity contribution in [2.75, 3.05) is 6.54 Å². The normalized spacial score (nSPS) is 13.3. The SMILES string of the molecule is N[C@@H](Cc1cc(F)cc(F)c1)[C@H](O)CN(Cc1cccc(I)c1)C(=O)O. The van der Waals surface area contributed by atoms with Crippen LogP contribution >= 0.6 is 22.6 Å². The van der Waals surface area contributed by atoms with Crippen LogP contribution in [0, 0.1) is 15.2 Å². The molecule has 0 aromatic heterocycles. The van der Waals surface area contributed by atoms with E-state index in [0.29, 0.717) is 5.56 Å². The van der Waals surface area contributed by atoms with Crippen LogP contribution in [0.15, 0.2) is 42.5 Å². The van der Waals surface area contributed by atoms with Crippen LogP contribution in [-0.2, 0) is 13.0 Å². The number of hydrogen-bond acceptors (Lipinski definition) is 3. The van der Waals surface area contributed by atoms with Gasteiger partial charge in [0.2, 0.25) is 0 Å². The zero-order chi connectivity index (χ0) is 19.3. The maximum Gasteiger partial charge on any atom is 0.407 e. The Balaban J connectivity index is 2.01. The molecule has 2 atom stereocenters. The molecule has 0 spiro atoms. The van der Waals surface area contributed by atoms with Crippen LogP contribution in [0.5, 0.6) is 0 Å². The van der Waals surface area contributed by atoms with Gasteiger partial charge < -0.3 is 20.8 Å². The zero-order valence-corrected chi connectivity index (χ0v) is 15.9. The molecule has 26 heavy (non-hydrogen) atoms. The van der Waals surface area contributed by atoms with Crippen LogP contribution in [0.4, 0.5) is 13.6 Å². The lowest BCUT2D eigenvalue weighted by Crippen LogP contribution is -2.46. The second-order valence-corrected chi connectivity index (χ2v) is 7.25. The van der Waals surface area contributed by atoms with E-state index in [2.05, 4.69) is 22.6 Å². The van der Waals surface area contributed by atoms with Crippen molar-refractivity contribution in [3.63, 3.8) is 0 Å². The summed E-state index contributed by atoms with van der Waals surface area (Å²) in [4.78, 5) is 12.5. The van der Waals surface area contributed by atoms with Gasteiger partial charge >= 0.3 is 6.09 Å². The van der Waals surface area contributed by atoms with Gasteiger partial charge in [-0.05, 0) is 64.4 Å². The van der Waals surface area contributed by atoms with E-state index in [1.54, 1.807) is 6.07 Å². The van der Waals surface area contributed by atoms with Crippen molar-refractivity contribution in [1.82, 2.24) is 4.90 Å². The van der Waals surface area contributed by atoms with E-state index in [0.717, 1.165) is 32.2 Å². The van der Waals surface area contributed by atoms with Gasteiger partial charge in [-0.1, -0.05) is 12.1 Å². The van der Waals surface area contributed by atoms with Crippen LogP contribution in [0.1, 0.15) is 11.1 Å². The van der Waals surface area contributed by atoms with Gasteiger partial charge in [-0.25, -0.2) is 13.6 Å². The number of carboxylic acid groups (broad SMARTS) is 1. The van der Waals surface area contributed by atoms with Gasteiger partial charge in [0.15, 0.2) is 0 Å². The minimum Gasteiger partial charge on any atom is -0.465 e. The summed E-state index contributed by atoms with van der Waals surface area (Å²) in [5.74, 6) is -1.46. The number of aliphatic hydroxyl groups excluding tert-OH is 1. The highest BCUT2D eigenvalue weighted by molar-refractivity contribution is 14.1. The van der Waals surface area contributed by atoms with Crippen LogP contribution in [0.25, 0.3) is 0 Å². The molecule has 2 aromatic carbocycles. The molecule has 5 nitrogen and oxygen atoms in total. The molecule has 0 bridgehead atoms.